The van der Waals surface area contributed by atoms with E-state index in [9.17, 15) is 9.59 Å². The van der Waals surface area contributed by atoms with Crippen LogP contribution in [0, 0.1) is 0 Å². The molecule has 0 radical (unpaired) electrons. The van der Waals surface area contributed by atoms with Crippen LogP contribution in [0.25, 0.3) is 10.9 Å². The lowest BCUT2D eigenvalue weighted by atomic mass is 9.97. The number of ketones is 1. The summed E-state index contributed by atoms with van der Waals surface area (Å²) in [6.45, 7) is 1.43. The molecule has 0 spiro atoms. The second kappa shape index (κ2) is 3.69. The van der Waals surface area contributed by atoms with Crippen molar-refractivity contribution < 1.29 is 9.59 Å². The third-order valence-corrected chi connectivity index (χ3v) is 2.53. The predicted octanol–water partition coefficient (Wildman–Crippen LogP) is 2.04. The van der Waals surface area contributed by atoms with E-state index in [-0.39, 0.29) is 5.78 Å². The summed E-state index contributed by atoms with van der Waals surface area (Å²) in [4.78, 5) is 25.2. The van der Waals surface area contributed by atoms with Crippen molar-refractivity contribution in [1.29, 1.82) is 0 Å². The van der Waals surface area contributed by atoms with Crippen molar-refractivity contribution in [3.05, 3.63) is 36.0 Å². The molecule has 1 aromatic carbocycles. The number of H-pyrrole nitrogens is 1. The van der Waals surface area contributed by atoms with Gasteiger partial charge in [0.25, 0.3) is 0 Å². The molecule has 2 rings (SSSR count). The van der Waals surface area contributed by atoms with Gasteiger partial charge in [0, 0.05) is 17.1 Å². The van der Waals surface area contributed by atoms with E-state index in [0.717, 1.165) is 16.5 Å². The molecule has 0 saturated carbocycles. The first kappa shape index (κ1) is 9.65. The fourth-order valence-corrected chi connectivity index (χ4v) is 1.74. The van der Waals surface area contributed by atoms with Crippen LogP contribution in [0.15, 0.2) is 30.5 Å². The van der Waals surface area contributed by atoms with Crippen molar-refractivity contribution in [3.63, 3.8) is 0 Å². The van der Waals surface area contributed by atoms with Gasteiger partial charge in [-0.2, -0.15) is 0 Å². The number of aromatic nitrogens is 1. The largest absolute Gasteiger partial charge is 0.361 e. The lowest BCUT2D eigenvalue weighted by Gasteiger charge is -2.03. The molecule has 0 aliphatic rings. The Balaban J connectivity index is 2.60. The molecule has 3 nitrogen and oxygen atoms in total. The molecule has 3 heteroatoms. The van der Waals surface area contributed by atoms with Crippen molar-refractivity contribution >= 4 is 23.0 Å². The van der Waals surface area contributed by atoms with Gasteiger partial charge in [-0.05, 0) is 18.6 Å². The molecule has 0 bridgehead atoms. The fraction of sp³-hybridized carbons (Fsp3) is 0.167. The first-order chi connectivity index (χ1) is 7.24. The number of hydrogen-bond acceptors (Lipinski definition) is 2. The van der Waals surface area contributed by atoms with Crippen molar-refractivity contribution in [3.8, 4) is 0 Å². The van der Waals surface area contributed by atoms with Gasteiger partial charge >= 0.3 is 0 Å². The van der Waals surface area contributed by atoms with Crippen molar-refractivity contribution in [1.82, 2.24) is 4.98 Å². The normalized spacial score (nSPS) is 12.6. The molecule has 1 N–H and O–H groups in total. The number of carbonyl (C=O) groups is 2. The number of para-hydroxylation sites is 1. The lowest BCUT2D eigenvalue weighted by Crippen LogP contribution is -2.09. The number of nitrogens with one attached hydrogen (secondary N) is 1. The highest BCUT2D eigenvalue weighted by molar-refractivity contribution is 6.01. The summed E-state index contributed by atoms with van der Waals surface area (Å²) < 4.78 is 0. The molecule has 0 fully saturated rings. The third kappa shape index (κ3) is 1.56. The fourth-order valence-electron chi connectivity index (χ4n) is 1.74. The summed E-state index contributed by atoms with van der Waals surface area (Å²) in [6.07, 6.45) is 2.42. The van der Waals surface area contributed by atoms with Crippen LogP contribution >= 0.6 is 0 Å². The summed E-state index contributed by atoms with van der Waals surface area (Å²) in [7, 11) is 0. The quantitative estimate of drug-likeness (QED) is 0.610. The number of carbonyl (C=O) groups excluding carboxylic acids is 2. The lowest BCUT2D eigenvalue weighted by molar-refractivity contribution is -0.122. The minimum absolute atomic E-state index is 0.130. The molecular formula is C12H11NO2. The van der Waals surface area contributed by atoms with Crippen LogP contribution in [0.5, 0.6) is 0 Å². The average molecular weight is 201 g/mol. The van der Waals surface area contributed by atoms with Gasteiger partial charge in [-0.15, -0.1) is 0 Å². The van der Waals surface area contributed by atoms with E-state index < -0.39 is 5.92 Å². The summed E-state index contributed by atoms with van der Waals surface area (Å²) in [6, 6.07) is 7.62. The van der Waals surface area contributed by atoms with Crippen molar-refractivity contribution in [2.24, 2.45) is 0 Å². The van der Waals surface area contributed by atoms with Crippen LogP contribution in [0.1, 0.15) is 18.4 Å². The number of hydrogen-bond donors (Lipinski definition) is 1. The average Bonchev–Trinajstić information content (AvgIpc) is 2.63. The van der Waals surface area contributed by atoms with Crippen molar-refractivity contribution in [2.45, 2.75) is 12.8 Å². The third-order valence-electron chi connectivity index (χ3n) is 2.53. The molecule has 1 unspecified atom stereocenters. The molecule has 0 aliphatic heterocycles. The Morgan fingerprint density at radius 2 is 2.13 bits per heavy atom. The van der Waals surface area contributed by atoms with E-state index in [1.807, 2.05) is 24.3 Å². The number of rotatable bonds is 3. The summed E-state index contributed by atoms with van der Waals surface area (Å²) in [5.74, 6) is -0.782. The monoisotopic (exact) mass is 201 g/mol. The Kier molecular flexibility index (Phi) is 2.37. The topological polar surface area (TPSA) is 49.9 Å². The van der Waals surface area contributed by atoms with E-state index in [4.69, 9.17) is 0 Å². The number of Topliss-reactive ketones (excluding diaryl/α,β-unsaturated/α-hetero) is 1. The molecule has 15 heavy (non-hydrogen) atoms. The second-order valence-electron chi connectivity index (χ2n) is 3.51. The van der Waals surface area contributed by atoms with Gasteiger partial charge in [-0.3, -0.25) is 4.79 Å². The number of benzene rings is 1. The maximum Gasteiger partial charge on any atom is 0.144 e. The first-order valence-electron chi connectivity index (χ1n) is 4.76. The Morgan fingerprint density at radius 3 is 2.80 bits per heavy atom. The van der Waals surface area contributed by atoms with Crippen LogP contribution in [0.4, 0.5) is 0 Å². The summed E-state index contributed by atoms with van der Waals surface area (Å²) in [5, 5.41) is 0.935. The zero-order valence-corrected chi connectivity index (χ0v) is 8.36. The zero-order valence-electron chi connectivity index (χ0n) is 8.36. The van der Waals surface area contributed by atoms with Gasteiger partial charge in [0.1, 0.15) is 12.1 Å². The van der Waals surface area contributed by atoms with Gasteiger partial charge in [0.05, 0.1) is 5.92 Å². The van der Waals surface area contributed by atoms with Gasteiger partial charge < -0.3 is 9.78 Å². The van der Waals surface area contributed by atoms with Crippen LogP contribution < -0.4 is 0 Å². The Bertz CT molecular complexity index is 513. The highest BCUT2D eigenvalue weighted by Gasteiger charge is 2.18. The second-order valence-corrected chi connectivity index (χ2v) is 3.51. The Hall–Kier alpha value is -1.90. The maximum absolute atomic E-state index is 11.3. The Morgan fingerprint density at radius 1 is 1.40 bits per heavy atom. The Labute approximate surface area is 87.1 Å². The molecular weight excluding hydrogens is 190 g/mol. The van der Waals surface area contributed by atoms with Crippen LogP contribution in [-0.4, -0.2) is 17.1 Å². The zero-order chi connectivity index (χ0) is 10.8. The van der Waals surface area contributed by atoms with E-state index in [0.29, 0.717) is 6.29 Å². The summed E-state index contributed by atoms with van der Waals surface area (Å²) in [5.41, 5.74) is 1.70. The van der Waals surface area contributed by atoms with Gasteiger partial charge in [-0.1, -0.05) is 18.2 Å². The molecule has 0 aliphatic carbocycles. The number of aldehydes is 1. The standard InChI is InChI=1S/C12H11NO2/c1-8(15)11(7-14)10-6-13-12-5-3-2-4-9(10)12/h2-7,11,13H,1H3. The molecule has 1 aromatic heterocycles. The van der Waals surface area contributed by atoms with Gasteiger partial charge in [0.15, 0.2) is 0 Å². The predicted molar refractivity (Wildman–Crippen MR) is 57.8 cm³/mol. The maximum atomic E-state index is 11.3. The highest BCUT2D eigenvalue weighted by Crippen LogP contribution is 2.24. The van der Waals surface area contributed by atoms with E-state index in [1.165, 1.54) is 6.92 Å². The molecule has 76 valence electrons. The van der Waals surface area contributed by atoms with Crippen LogP contribution in [-0.2, 0) is 9.59 Å². The van der Waals surface area contributed by atoms with Gasteiger partial charge in [0.2, 0.25) is 0 Å². The minimum atomic E-state index is -0.652. The van der Waals surface area contributed by atoms with E-state index in [1.54, 1.807) is 6.20 Å². The summed E-state index contributed by atoms with van der Waals surface area (Å²) >= 11 is 0. The molecule has 1 heterocycles. The van der Waals surface area contributed by atoms with Gasteiger partial charge in [-0.25, -0.2) is 0 Å². The first-order valence-corrected chi connectivity index (χ1v) is 4.76. The number of fused-ring (bicyclic) bond motifs is 1. The van der Waals surface area contributed by atoms with Crippen molar-refractivity contribution in [2.75, 3.05) is 0 Å². The van der Waals surface area contributed by atoms with E-state index in [2.05, 4.69) is 4.98 Å². The van der Waals surface area contributed by atoms with Crippen LogP contribution in [0.2, 0.25) is 0 Å². The van der Waals surface area contributed by atoms with E-state index >= 15 is 0 Å². The molecule has 2 aromatic rings. The number of aromatic amines is 1. The molecule has 0 amide bonds. The van der Waals surface area contributed by atoms with Crippen LogP contribution in [0.3, 0.4) is 0 Å². The molecule has 0 saturated heterocycles. The smallest absolute Gasteiger partial charge is 0.144 e. The highest BCUT2D eigenvalue weighted by atomic mass is 16.1. The molecule has 1 atom stereocenters. The minimum Gasteiger partial charge on any atom is -0.361 e. The SMILES string of the molecule is CC(=O)C(C=O)c1c[nH]c2ccccc12.